The van der Waals surface area contributed by atoms with Gasteiger partial charge in [-0.25, -0.2) is 0 Å². The second kappa shape index (κ2) is 11.4. The predicted molar refractivity (Wildman–Crippen MR) is 53.7 cm³/mol. The van der Waals surface area contributed by atoms with Crippen LogP contribution in [0.1, 0.15) is 46.5 Å². The molecule has 0 atom stereocenters. The molecule has 0 fully saturated rings. The molecule has 0 amide bonds. The summed E-state index contributed by atoms with van der Waals surface area (Å²) in [6, 6.07) is 0. The molecule has 3 heteroatoms. The smallest absolute Gasteiger partial charge is 0.300 e. The van der Waals surface area contributed by atoms with E-state index in [1.165, 1.54) is 19.3 Å². The average molecular weight is 190 g/mol. The lowest BCUT2D eigenvalue weighted by Gasteiger charge is -2.01. The number of hydrogen-bond donors (Lipinski definition) is 2. The molecule has 0 aromatic rings. The number of aliphatic hydroxyl groups excluding tert-OH is 1. The highest BCUT2D eigenvalue weighted by Gasteiger charge is 1.92. The maximum atomic E-state index is 9.00. The number of carbonyl (C=O) groups is 1. The molecule has 13 heavy (non-hydrogen) atoms. The van der Waals surface area contributed by atoms with Crippen molar-refractivity contribution in [1.29, 1.82) is 0 Å². The lowest BCUT2D eigenvalue weighted by Crippen LogP contribution is -1.88. The Labute approximate surface area is 80.8 Å². The van der Waals surface area contributed by atoms with Crippen LogP contribution in [-0.2, 0) is 4.79 Å². The van der Waals surface area contributed by atoms with Gasteiger partial charge in [-0.2, -0.15) is 0 Å². The minimum atomic E-state index is -0.833. The number of aliphatic hydroxyl groups is 1. The van der Waals surface area contributed by atoms with Crippen molar-refractivity contribution in [2.75, 3.05) is 6.61 Å². The zero-order chi connectivity index (χ0) is 10.7. The molecule has 0 aromatic carbocycles. The van der Waals surface area contributed by atoms with Crippen molar-refractivity contribution in [3.63, 3.8) is 0 Å². The summed E-state index contributed by atoms with van der Waals surface area (Å²) in [5.41, 5.74) is 0. The van der Waals surface area contributed by atoms with E-state index in [-0.39, 0.29) is 0 Å². The monoisotopic (exact) mass is 190 g/mol. The van der Waals surface area contributed by atoms with Crippen LogP contribution in [0, 0.1) is 5.92 Å². The van der Waals surface area contributed by atoms with Crippen LogP contribution in [0.5, 0.6) is 0 Å². The largest absolute Gasteiger partial charge is 0.481 e. The van der Waals surface area contributed by atoms with E-state index in [0.29, 0.717) is 6.61 Å². The van der Waals surface area contributed by atoms with Gasteiger partial charge < -0.3 is 10.2 Å². The summed E-state index contributed by atoms with van der Waals surface area (Å²) in [5.74, 6) is -0.0105. The minimum Gasteiger partial charge on any atom is -0.481 e. The van der Waals surface area contributed by atoms with E-state index in [1.807, 2.05) is 0 Å². The molecule has 80 valence electrons. The molecule has 0 saturated heterocycles. The summed E-state index contributed by atoms with van der Waals surface area (Å²) in [5, 5.41) is 15.8. The highest BCUT2D eigenvalue weighted by Crippen LogP contribution is 2.06. The summed E-state index contributed by atoms with van der Waals surface area (Å²) in [6.45, 7) is 5.91. The molecule has 0 unspecified atom stereocenters. The fourth-order valence-electron chi connectivity index (χ4n) is 0.841. The van der Waals surface area contributed by atoms with Crippen molar-refractivity contribution in [2.24, 2.45) is 5.92 Å². The molecular weight excluding hydrogens is 168 g/mol. The van der Waals surface area contributed by atoms with Crippen molar-refractivity contribution in [3.05, 3.63) is 0 Å². The van der Waals surface area contributed by atoms with Crippen molar-refractivity contribution in [2.45, 2.75) is 46.5 Å². The number of carboxylic acid groups (broad SMARTS) is 1. The minimum absolute atomic E-state index is 0.359. The zero-order valence-electron chi connectivity index (χ0n) is 8.92. The van der Waals surface area contributed by atoms with Gasteiger partial charge >= 0.3 is 0 Å². The molecule has 0 heterocycles. The fraction of sp³-hybridized carbons (Fsp3) is 0.900. The summed E-state index contributed by atoms with van der Waals surface area (Å²) >= 11 is 0. The Bertz CT molecular complexity index is 107. The van der Waals surface area contributed by atoms with E-state index < -0.39 is 5.97 Å². The van der Waals surface area contributed by atoms with Gasteiger partial charge in [-0.3, -0.25) is 4.79 Å². The van der Waals surface area contributed by atoms with Gasteiger partial charge in [0.05, 0.1) is 0 Å². The number of unbranched alkanes of at least 4 members (excludes halogenated alkanes) is 2. The predicted octanol–water partition coefficient (Wildman–Crippen LogP) is 2.29. The van der Waals surface area contributed by atoms with Gasteiger partial charge in [0.25, 0.3) is 5.97 Å². The van der Waals surface area contributed by atoms with Crippen LogP contribution in [0.2, 0.25) is 0 Å². The fourth-order valence-corrected chi connectivity index (χ4v) is 0.841. The normalized spacial score (nSPS) is 9.31. The Kier molecular flexibility index (Phi) is 13.1. The standard InChI is InChI=1S/C8H18O.C2H4O2/c1-8(2)6-4-3-5-7-9;1-2(3)4/h8-9H,3-7H2,1-2H3;1H3,(H,3,4). The molecule has 0 radical (unpaired) electrons. The molecule has 0 aromatic heterocycles. The van der Waals surface area contributed by atoms with Crippen LogP contribution in [0.15, 0.2) is 0 Å². The highest BCUT2D eigenvalue weighted by molar-refractivity contribution is 5.62. The SMILES string of the molecule is CC(=O)O.CC(C)CCCCCO. The first-order chi connectivity index (χ1) is 6.00. The van der Waals surface area contributed by atoms with Crippen LogP contribution in [0.4, 0.5) is 0 Å². The lowest BCUT2D eigenvalue weighted by molar-refractivity contribution is -0.134. The van der Waals surface area contributed by atoms with Gasteiger partial charge in [0.15, 0.2) is 0 Å². The van der Waals surface area contributed by atoms with Crippen LogP contribution in [-0.4, -0.2) is 22.8 Å². The van der Waals surface area contributed by atoms with E-state index in [4.69, 9.17) is 15.0 Å². The quantitative estimate of drug-likeness (QED) is 0.654. The van der Waals surface area contributed by atoms with Gasteiger partial charge in [0.1, 0.15) is 0 Å². The first kappa shape index (κ1) is 14.9. The molecule has 2 N–H and O–H groups in total. The van der Waals surface area contributed by atoms with Gasteiger partial charge in [0.2, 0.25) is 0 Å². The molecule has 0 rings (SSSR count). The Morgan fingerprint density at radius 1 is 1.23 bits per heavy atom. The van der Waals surface area contributed by atoms with E-state index in [1.54, 1.807) is 0 Å². The molecule has 0 spiro atoms. The molecule has 0 aliphatic rings. The number of aliphatic carboxylic acids is 1. The van der Waals surface area contributed by atoms with Crippen molar-refractivity contribution < 1.29 is 15.0 Å². The van der Waals surface area contributed by atoms with Crippen LogP contribution in [0.25, 0.3) is 0 Å². The summed E-state index contributed by atoms with van der Waals surface area (Å²) in [7, 11) is 0. The second-order valence-corrected chi connectivity index (χ2v) is 3.49. The molecule has 0 aliphatic heterocycles. The third kappa shape index (κ3) is 34.5. The Balaban J connectivity index is 0. The molecule has 3 nitrogen and oxygen atoms in total. The Morgan fingerprint density at radius 3 is 2.00 bits per heavy atom. The Morgan fingerprint density at radius 2 is 1.69 bits per heavy atom. The van der Waals surface area contributed by atoms with E-state index in [2.05, 4.69) is 13.8 Å². The maximum absolute atomic E-state index is 9.00. The first-order valence-electron chi connectivity index (χ1n) is 4.81. The third-order valence-corrected chi connectivity index (χ3v) is 1.44. The summed E-state index contributed by atoms with van der Waals surface area (Å²) in [4.78, 5) is 9.00. The third-order valence-electron chi connectivity index (χ3n) is 1.44. The van der Waals surface area contributed by atoms with Crippen LogP contribution < -0.4 is 0 Å². The van der Waals surface area contributed by atoms with Gasteiger partial charge in [-0.05, 0) is 12.3 Å². The van der Waals surface area contributed by atoms with Gasteiger partial charge in [-0.1, -0.05) is 33.1 Å². The molecule has 0 bridgehead atoms. The van der Waals surface area contributed by atoms with E-state index in [0.717, 1.165) is 19.3 Å². The molecular formula is C10H22O3. The molecule has 0 aliphatic carbocycles. The summed E-state index contributed by atoms with van der Waals surface area (Å²) in [6.07, 6.45) is 4.75. The lowest BCUT2D eigenvalue weighted by atomic mass is 10.1. The number of carboxylic acids is 1. The van der Waals surface area contributed by atoms with Crippen molar-refractivity contribution >= 4 is 5.97 Å². The summed E-state index contributed by atoms with van der Waals surface area (Å²) < 4.78 is 0. The number of hydrogen-bond acceptors (Lipinski definition) is 2. The van der Waals surface area contributed by atoms with Gasteiger partial charge in [-0.15, -0.1) is 0 Å². The van der Waals surface area contributed by atoms with Crippen molar-refractivity contribution in [3.8, 4) is 0 Å². The average Bonchev–Trinajstić information content (AvgIpc) is 1.97. The topological polar surface area (TPSA) is 57.5 Å². The van der Waals surface area contributed by atoms with Crippen LogP contribution in [0.3, 0.4) is 0 Å². The number of rotatable bonds is 5. The highest BCUT2D eigenvalue weighted by atomic mass is 16.4. The van der Waals surface area contributed by atoms with Crippen molar-refractivity contribution in [1.82, 2.24) is 0 Å². The molecule has 0 saturated carbocycles. The van der Waals surface area contributed by atoms with Gasteiger partial charge in [0, 0.05) is 13.5 Å². The Hall–Kier alpha value is -0.570. The maximum Gasteiger partial charge on any atom is 0.300 e. The van der Waals surface area contributed by atoms with Crippen LogP contribution >= 0.6 is 0 Å². The van der Waals surface area contributed by atoms with E-state index in [9.17, 15) is 0 Å². The first-order valence-corrected chi connectivity index (χ1v) is 4.81. The second-order valence-electron chi connectivity index (χ2n) is 3.49. The van der Waals surface area contributed by atoms with E-state index >= 15 is 0 Å². The zero-order valence-corrected chi connectivity index (χ0v) is 8.92.